The van der Waals surface area contributed by atoms with Crippen LogP contribution in [0.15, 0.2) is 44.4 Å². The van der Waals surface area contributed by atoms with Gasteiger partial charge in [0.05, 0.1) is 23.0 Å². The lowest BCUT2D eigenvalue weighted by Crippen LogP contribution is -2.41. The fourth-order valence-corrected chi connectivity index (χ4v) is 4.33. The number of nitrogens with one attached hydrogen (secondary N) is 1. The summed E-state index contributed by atoms with van der Waals surface area (Å²) < 4.78 is 23.4. The fourth-order valence-electron chi connectivity index (χ4n) is 4.08. The SMILES string of the molecule is COc1ccc(NC(=O)Cn2c(=O)n(CCCc3nc(C)no3)c(=O)c3cc4c(cc32)OCO4)cc1Cl. The molecule has 0 fully saturated rings. The summed E-state index contributed by atoms with van der Waals surface area (Å²) in [7, 11) is 1.49. The normalized spacial score (nSPS) is 12.2. The molecule has 192 valence electrons. The summed E-state index contributed by atoms with van der Waals surface area (Å²) in [5.41, 5.74) is -0.459. The molecule has 37 heavy (non-hydrogen) atoms. The van der Waals surface area contributed by atoms with Gasteiger partial charge in [-0.1, -0.05) is 16.8 Å². The monoisotopic (exact) mass is 527 g/mol. The maximum Gasteiger partial charge on any atom is 0.331 e. The number of aromatic nitrogens is 4. The molecule has 4 aromatic rings. The van der Waals surface area contributed by atoms with Gasteiger partial charge in [-0.05, 0) is 37.6 Å². The lowest BCUT2D eigenvalue weighted by Gasteiger charge is -2.15. The Hall–Kier alpha value is -4.32. The predicted molar refractivity (Wildman–Crippen MR) is 133 cm³/mol. The van der Waals surface area contributed by atoms with Crippen LogP contribution in [0.3, 0.4) is 0 Å². The zero-order chi connectivity index (χ0) is 26.1. The molecule has 1 N–H and O–H groups in total. The van der Waals surface area contributed by atoms with Gasteiger partial charge in [-0.3, -0.25) is 18.7 Å². The van der Waals surface area contributed by atoms with E-state index in [1.165, 1.54) is 29.9 Å². The van der Waals surface area contributed by atoms with Crippen LogP contribution in [0.5, 0.6) is 17.2 Å². The second-order valence-electron chi connectivity index (χ2n) is 8.28. The molecule has 0 atom stereocenters. The Balaban J connectivity index is 1.48. The molecular formula is C24H22ClN5O7. The third kappa shape index (κ3) is 4.87. The van der Waals surface area contributed by atoms with E-state index >= 15 is 0 Å². The molecule has 0 spiro atoms. The molecule has 0 aliphatic carbocycles. The summed E-state index contributed by atoms with van der Waals surface area (Å²) in [6, 6.07) is 7.84. The van der Waals surface area contributed by atoms with Crippen LogP contribution < -0.4 is 30.8 Å². The van der Waals surface area contributed by atoms with Gasteiger partial charge in [0.2, 0.25) is 18.6 Å². The number of carbonyl (C=O) groups excluding carboxylic acids is 1. The maximum absolute atomic E-state index is 13.5. The summed E-state index contributed by atoms with van der Waals surface area (Å²) in [4.78, 5) is 43.9. The van der Waals surface area contributed by atoms with Gasteiger partial charge in [0.1, 0.15) is 12.3 Å². The van der Waals surface area contributed by atoms with Gasteiger partial charge in [0.15, 0.2) is 17.3 Å². The molecule has 0 unspecified atom stereocenters. The topological polar surface area (TPSA) is 140 Å². The molecule has 1 amide bonds. The standard InChI is InChI=1S/C24H22ClN5O7/c1-13-26-22(37-28-13)4-3-7-29-23(32)15-9-19-20(36-12-35-19)10-17(15)30(24(29)33)11-21(31)27-14-5-6-18(34-2)16(25)8-14/h5-6,8-10H,3-4,7,11-12H2,1-2H3,(H,27,31). The first-order valence-electron chi connectivity index (χ1n) is 11.3. The predicted octanol–water partition coefficient (Wildman–Crippen LogP) is 2.52. The van der Waals surface area contributed by atoms with Gasteiger partial charge in [-0.2, -0.15) is 4.98 Å². The number of nitrogens with zero attached hydrogens (tertiary/aromatic N) is 4. The summed E-state index contributed by atoms with van der Waals surface area (Å²) in [5, 5.41) is 7.00. The van der Waals surface area contributed by atoms with Crippen LogP contribution in [0.1, 0.15) is 18.1 Å². The summed E-state index contributed by atoms with van der Waals surface area (Å²) in [6.45, 7) is 1.42. The zero-order valence-electron chi connectivity index (χ0n) is 19.9. The molecule has 5 rings (SSSR count). The van der Waals surface area contributed by atoms with Crippen LogP contribution in [0.4, 0.5) is 5.69 Å². The van der Waals surface area contributed by atoms with Gasteiger partial charge in [-0.25, -0.2) is 4.79 Å². The van der Waals surface area contributed by atoms with Crippen LogP contribution in [0.25, 0.3) is 10.9 Å². The van der Waals surface area contributed by atoms with Crippen molar-refractivity contribution < 1.29 is 23.5 Å². The van der Waals surface area contributed by atoms with Gasteiger partial charge in [0, 0.05) is 24.7 Å². The largest absolute Gasteiger partial charge is 0.495 e. The summed E-state index contributed by atoms with van der Waals surface area (Å²) >= 11 is 6.15. The second kappa shape index (κ2) is 9.97. The Bertz CT molecular complexity index is 1620. The van der Waals surface area contributed by atoms with E-state index in [4.69, 9.17) is 30.3 Å². The number of anilines is 1. The lowest BCUT2D eigenvalue weighted by molar-refractivity contribution is -0.116. The van der Waals surface area contributed by atoms with Crippen molar-refractivity contribution in [3.63, 3.8) is 0 Å². The number of methoxy groups -OCH3 is 1. The first-order chi connectivity index (χ1) is 17.8. The molecule has 1 aliphatic rings. The van der Waals surface area contributed by atoms with E-state index in [0.29, 0.717) is 52.5 Å². The molecule has 0 saturated carbocycles. The molecule has 0 bridgehead atoms. The first kappa shape index (κ1) is 24.4. The highest BCUT2D eigenvalue weighted by molar-refractivity contribution is 6.32. The summed E-state index contributed by atoms with van der Waals surface area (Å²) in [6.07, 6.45) is 0.772. The zero-order valence-corrected chi connectivity index (χ0v) is 20.7. The van der Waals surface area contributed by atoms with E-state index in [-0.39, 0.29) is 30.8 Å². The molecule has 0 saturated heterocycles. The molecule has 3 heterocycles. The van der Waals surface area contributed by atoms with E-state index in [1.807, 2.05) is 0 Å². The number of amides is 1. The van der Waals surface area contributed by atoms with Crippen LogP contribution >= 0.6 is 11.6 Å². The van der Waals surface area contributed by atoms with Crippen molar-refractivity contribution in [2.45, 2.75) is 32.9 Å². The van der Waals surface area contributed by atoms with Gasteiger partial charge in [-0.15, -0.1) is 0 Å². The van der Waals surface area contributed by atoms with Crippen molar-refractivity contribution in [1.82, 2.24) is 19.3 Å². The number of ether oxygens (including phenoxy) is 3. The van der Waals surface area contributed by atoms with E-state index in [1.54, 1.807) is 19.1 Å². The van der Waals surface area contributed by atoms with Crippen molar-refractivity contribution in [2.75, 3.05) is 19.2 Å². The molecule has 2 aromatic heterocycles. The molecule has 13 heteroatoms. The van der Waals surface area contributed by atoms with Gasteiger partial charge < -0.3 is 24.1 Å². The average molecular weight is 528 g/mol. The van der Waals surface area contributed by atoms with Crippen molar-refractivity contribution in [1.29, 1.82) is 0 Å². The lowest BCUT2D eigenvalue weighted by atomic mass is 10.2. The number of rotatable bonds is 8. The highest BCUT2D eigenvalue weighted by Crippen LogP contribution is 2.34. The minimum absolute atomic E-state index is 0.00755. The molecule has 1 aliphatic heterocycles. The van der Waals surface area contributed by atoms with Crippen LogP contribution in [0, 0.1) is 6.92 Å². The first-order valence-corrected chi connectivity index (χ1v) is 11.7. The number of fused-ring (bicyclic) bond motifs is 2. The summed E-state index contributed by atoms with van der Waals surface area (Å²) in [5.74, 6) is 1.65. The third-order valence-corrected chi connectivity index (χ3v) is 6.09. The number of carbonyl (C=O) groups is 1. The highest BCUT2D eigenvalue weighted by Gasteiger charge is 2.22. The van der Waals surface area contributed by atoms with Crippen molar-refractivity contribution in [3.05, 3.63) is 67.9 Å². The second-order valence-corrected chi connectivity index (χ2v) is 8.69. The number of benzene rings is 2. The smallest absolute Gasteiger partial charge is 0.331 e. The van der Waals surface area contributed by atoms with Crippen LogP contribution in [-0.4, -0.2) is 39.1 Å². The minimum atomic E-state index is -0.638. The van der Waals surface area contributed by atoms with E-state index in [2.05, 4.69) is 15.5 Å². The van der Waals surface area contributed by atoms with Crippen LogP contribution in [-0.2, 0) is 24.3 Å². The number of aryl methyl sites for hydroxylation is 2. The maximum atomic E-state index is 13.5. The Morgan fingerprint density at radius 3 is 2.65 bits per heavy atom. The third-order valence-electron chi connectivity index (χ3n) is 5.80. The fraction of sp³-hybridized carbons (Fsp3) is 0.292. The van der Waals surface area contributed by atoms with Crippen molar-refractivity contribution in [3.8, 4) is 17.2 Å². The van der Waals surface area contributed by atoms with Crippen molar-refractivity contribution >= 4 is 34.1 Å². The van der Waals surface area contributed by atoms with E-state index in [0.717, 1.165) is 4.57 Å². The number of hydrogen-bond acceptors (Lipinski definition) is 9. The minimum Gasteiger partial charge on any atom is -0.495 e. The van der Waals surface area contributed by atoms with E-state index in [9.17, 15) is 14.4 Å². The quantitative estimate of drug-likeness (QED) is 0.366. The van der Waals surface area contributed by atoms with Gasteiger partial charge in [0.25, 0.3) is 5.56 Å². The highest BCUT2D eigenvalue weighted by atomic mass is 35.5. The Kier molecular flexibility index (Phi) is 6.57. The van der Waals surface area contributed by atoms with Crippen LogP contribution in [0.2, 0.25) is 5.02 Å². The van der Waals surface area contributed by atoms with Crippen molar-refractivity contribution in [2.24, 2.45) is 0 Å². The number of halogens is 1. The Labute approximate surface area is 214 Å². The average Bonchev–Trinajstić information content (AvgIpc) is 3.51. The molecular weight excluding hydrogens is 506 g/mol. The van der Waals surface area contributed by atoms with E-state index < -0.39 is 17.2 Å². The molecule has 12 nitrogen and oxygen atoms in total. The Morgan fingerprint density at radius 2 is 1.95 bits per heavy atom. The van der Waals surface area contributed by atoms with Gasteiger partial charge >= 0.3 is 5.69 Å². The molecule has 2 aromatic carbocycles. The molecule has 0 radical (unpaired) electrons. The number of hydrogen-bond donors (Lipinski definition) is 1. The Morgan fingerprint density at radius 1 is 1.16 bits per heavy atom.